The van der Waals surface area contributed by atoms with E-state index < -0.39 is 0 Å². The van der Waals surface area contributed by atoms with E-state index in [1.165, 1.54) is 11.3 Å². The summed E-state index contributed by atoms with van der Waals surface area (Å²) in [6.07, 6.45) is 3.19. The first-order valence-electron chi connectivity index (χ1n) is 8.37. The van der Waals surface area contributed by atoms with Crippen LogP contribution in [0.1, 0.15) is 35.7 Å². The number of fused-ring (bicyclic) bond motifs is 1. The summed E-state index contributed by atoms with van der Waals surface area (Å²) in [6, 6.07) is 15.9. The standard InChI is InChI=1S/C20H23NO2/c1-2-14-23-18-11-9-17(10-12-18)20(22)15-21-13-5-7-16-6-3-4-8-19(16)21/h3-4,6,8-12H,2,5,7,13-15H2,1H3. The molecule has 0 unspecified atom stereocenters. The van der Waals surface area contributed by atoms with Crippen LogP contribution in [0.5, 0.6) is 5.75 Å². The predicted molar refractivity (Wildman–Crippen MR) is 93.5 cm³/mol. The molecule has 0 spiro atoms. The summed E-state index contributed by atoms with van der Waals surface area (Å²) in [4.78, 5) is 14.8. The van der Waals surface area contributed by atoms with Crippen molar-refractivity contribution in [3.63, 3.8) is 0 Å². The van der Waals surface area contributed by atoms with Crippen LogP contribution in [0.2, 0.25) is 0 Å². The smallest absolute Gasteiger partial charge is 0.182 e. The maximum atomic E-state index is 12.6. The molecule has 2 aromatic rings. The van der Waals surface area contributed by atoms with E-state index in [1.54, 1.807) is 0 Å². The Morgan fingerprint density at radius 3 is 2.70 bits per heavy atom. The molecule has 2 aromatic carbocycles. The van der Waals surface area contributed by atoms with E-state index in [4.69, 9.17) is 4.74 Å². The lowest BCUT2D eigenvalue weighted by atomic mass is 10.0. The monoisotopic (exact) mass is 309 g/mol. The van der Waals surface area contributed by atoms with E-state index in [9.17, 15) is 4.79 Å². The van der Waals surface area contributed by atoms with Crippen LogP contribution in [0, 0.1) is 0 Å². The largest absolute Gasteiger partial charge is 0.494 e. The number of para-hydroxylation sites is 1. The highest BCUT2D eigenvalue weighted by atomic mass is 16.5. The summed E-state index contributed by atoms with van der Waals surface area (Å²) in [5.74, 6) is 0.982. The topological polar surface area (TPSA) is 29.5 Å². The van der Waals surface area contributed by atoms with Gasteiger partial charge < -0.3 is 9.64 Å². The Labute approximate surface area is 137 Å². The minimum Gasteiger partial charge on any atom is -0.494 e. The van der Waals surface area contributed by atoms with Crippen LogP contribution in [0.4, 0.5) is 5.69 Å². The molecule has 0 saturated heterocycles. The van der Waals surface area contributed by atoms with Crippen molar-refractivity contribution < 1.29 is 9.53 Å². The summed E-state index contributed by atoms with van der Waals surface area (Å²) < 4.78 is 5.56. The molecule has 23 heavy (non-hydrogen) atoms. The lowest BCUT2D eigenvalue weighted by Crippen LogP contribution is -2.34. The zero-order valence-electron chi connectivity index (χ0n) is 13.6. The SMILES string of the molecule is CCCOc1ccc(C(=O)CN2CCCc3ccccc32)cc1. The van der Waals surface area contributed by atoms with E-state index in [0.29, 0.717) is 13.2 Å². The van der Waals surface area contributed by atoms with Crippen LogP contribution in [-0.2, 0) is 6.42 Å². The molecule has 0 aromatic heterocycles. The van der Waals surface area contributed by atoms with Crippen molar-refractivity contribution >= 4 is 11.5 Å². The third-order valence-electron chi connectivity index (χ3n) is 4.19. The van der Waals surface area contributed by atoms with Gasteiger partial charge in [-0.2, -0.15) is 0 Å². The Morgan fingerprint density at radius 2 is 1.91 bits per heavy atom. The molecule has 1 heterocycles. The lowest BCUT2D eigenvalue weighted by molar-refractivity contribution is 0.0998. The second kappa shape index (κ2) is 7.32. The number of anilines is 1. The third-order valence-corrected chi connectivity index (χ3v) is 4.19. The van der Waals surface area contributed by atoms with Gasteiger partial charge in [-0.1, -0.05) is 25.1 Å². The Bertz CT molecular complexity index is 664. The molecule has 120 valence electrons. The van der Waals surface area contributed by atoms with Gasteiger partial charge in [0.1, 0.15) is 5.75 Å². The van der Waals surface area contributed by atoms with Gasteiger partial charge >= 0.3 is 0 Å². The molecule has 3 nitrogen and oxygen atoms in total. The molecule has 0 atom stereocenters. The first-order valence-corrected chi connectivity index (χ1v) is 8.37. The number of hydrogen-bond donors (Lipinski definition) is 0. The van der Waals surface area contributed by atoms with Crippen molar-refractivity contribution in [2.24, 2.45) is 0 Å². The van der Waals surface area contributed by atoms with Crippen molar-refractivity contribution in [2.45, 2.75) is 26.2 Å². The number of rotatable bonds is 6. The highest BCUT2D eigenvalue weighted by Crippen LogP contribution is 2.26. The zero-order valence-corrected chi connectivity index (χ0v) is 13.6. The zero-order chi connectivity index (χ0) is 16.1. The van der Waals surface area contributed by atoms with Crippen LogP contribution in [0.15, 0.2) is 48.5 Å². The minimum absolute atomic E-state index is 0.156. The summed E-state index contributed by atoms with van der Waals surface area (Å²) in [6.45, 7) is 4.17. The van der Waals surface area contributed by atoms with Crippen LogP contribution in [0.3, 0.4) is 0 Å². The first kappa shape index (κ1) is 15.6. The van der Waals surface area contributed by atoms with Crippen molar-refractivity contribution in [2.75, 3.05) is 24.6 Å². The fourth-order valence-corrected chi connectivity index (χ4v) is 3.00. The fourth-order valence-electron chi connectivity index (χ4n) is 3.00. The minimum atomic E-state index is 0.156. The molecule has 1 aliphatic heterocycles. The van der Waals surface area contributed by atoms with Crippen LogP contribution in [0.25, 0.3) is 0 Å². The maximum Gasteiger partial charge on any atom is 0.182 e. The summed E-state index contributed by atoms with van der Waals surface area (Å²) in [7, 11) is 0. The van der Waals surface area contributed by atoms with Gasteiger partial charge in [-0.05, 0) is 55.2 Å². The average Bonchev–Trinajstić information content (AvgIpc) is 2.60. The second-order valence-corrected chi connectivity index (χ2v) is 5.95. The number of carbonyl (C=O) groups is 1. The van der Waals surface area contributed by atoms with Crippen molar-refractivity contribution in [3.05, 3.63) is 59.7 Å². The highest BCUT2D eigenvalue weighted by molar-refractivity contribution is 5.99. The lowest BCUT2D eigenvalue weighted by Gasteiger charge is -2.30. The van der Waals surface area contributed by atoms with E-state index in [0.717, 1.165) is 37.1 Å². The molecular formula is C20H23NO2. The van der Waals surface area contributed by atoms with Crippen molar-refractivity contribution in [1.29, 1.82) is 0 Å². The number of ketones is 1. The van der Waals surface area contributed by atoms with Gasteiger partial charge in [0.15, 0.2) is 5.78 Å². The van der Waals surface area contributed by atoms with Gasteiger partial charge in [-0.15, -0.1) is 0 Å². The fraction of sp³-hybridized carbons (Fsp3) is 0.350. The van der Waals surface area contributed by atoms with Crippen molar-refractivity contribution in [3.8, 4) is 5.75 Å². The van der Waals surface area contributed by atoms with E-state index in [1.807, 2.05) is 30.3 Å². The molecule has 1 aliphatic rings. The molecule has 0 aliphatic carbocycles. The Hall–Kier alpha value is -2.29. The average molecular weight is 309 g/mol. The second-order valence-electron chi connectivity index (χ2n) is 5.95. The number of Topliss-reactive ketones (excluding diaryl/α,β-unsaturated/α-hetero) is 1. The third kappa shape index (κ3) is 3.73. The van der Waals surface area contributed by atoms with Crippen LogP contribution >= 0.6 is 0 Å². The number of ether oxygens (including phenoxy) is 1. The number of carbonyl (C=O) groups excluding carboxylic acids is 1. The molecule has 0 fully saturated rings. The highest BCUT2D eigenvalue weighted by Gasteiger charge is 2.19. The molecule has 0 N–H and O–H groups in total. The summed E-state index contributed by atoms with van der Waals surface area (Å²) in [5.41, 5.74) is 3.29. The maximum absolute atomic E-state index is 12.6. The molecule has 0 saturated carbocycles. The Balaban J connectivity index is 1.68. The Kier molecular flexibility index (Phi) is 4.96. The summed E-state index contributed by atoms with van der Waals surface area (Å²) in [5, 5.41) is 0. The molecular weight excluding hydrogens is 286 g/mol. The van der Waals surface area contributed by atoms with Gasteiger partial charge in [-0.3, -0.25) is 4.79 Å². The number of hydrogen-bond acceptors (Lipinski definition) is 3. The van der Waals surface area contributed by atoms with Gasteiger partial charge in [0.25, 0.3) is 0 Å². The van der Waals surface area contributed by atoms with Gasteiger partial charge in [0, 0.05) is 17.8 Å². The molecule has 3 heteroatoms. The number of nitrogens with zero attached hydrogens (tertiary/aromatic N) is 1. The van der Waals surface area contributed by atoms with Crippen LogP contribution < -0.4 is 9.64 Å². The molecule has 0 amide bonds. The normalized spacial score (nSPS) is 13.5. The van der Waals surface area contributed by atoms with Crippen molar-refractivity contribution in [1.82, 2.24) is 0 Å². The van der Waals surface area contributed by atoms with E-state index >= 15 is 0 Å². The number of aryl methyl sites for hydroxylation is 1. The van der Waals surface area contributed by atoms with Gasteiger partial charge in [0.05, 0.1) is 13.2 Å². The van der Waals surface area contributed by atoms with E-state index in [-0.39, 0.29) is 5.78 Å². The number of benzene rings is 2. The quantitative estimate of drug-likeness (QED) is 0.752. The molecule has 0 radical (unpaired) electrons. The van der Waals surface area contributed by atoms with E-state index in [2.05, 4.69) is 30.0 Å². The Morgan fingerprint density at radius 1 is 1.13 bits per heavy atom. The van der Waals surface area contributed by atoms with Gasteiger partial charge in [0.2, 0.25) is 0 Å². The molecule has 0 bridgehead atoms. The predicted octanol–water partition coefficient (Wildman–Crippen LogP) is 4.11. The molecule has 3 rings (SSSR count). The van der Waals surface area contributed by atoms with Gasteiger partial charge in [-0.25, -0.2) is 0 Å². The first-order chi connectivity index (χ1) is 11.3. The summed E-state index contributed by atoms with van der Waals surface area (Å²) >= 11 is 0. The van der Waals surface area contributed by atoms with Crippen LogP contribution in [-0.4, -0.2) is 25.5 Å².